The molecule has 1 amide bonds. The van der Waals surface area contributed by atoms with E-state index in [0.717, 1.165) is 12.1 Å². The summed E-state index contributed by atoms with van der Waals surface area (Å²) in [5, 5.41) is 11.7. The zero-order valence-electron chi connectivity index (χ0n) is 12.9. The highest BCUT2D eigenvalue weighted by Gasteiger charge is 2.34. The summed E-state index contributed by atoms with van der Waals surface area (Å²) in [4.78, 5) is 14.0. The molecule has 1 unspecified atom stereocenters. The van der Waals surface area contributed by atoms with E-state index in [1.807, 2.05) is 22.6 Å². The number of hydrogen-bond donors (Lipinski definition) is 2. The summed E-state index contributed by atoms with van der Waals surface area (Å²) >= 11 is 1.92. The fourth-order valence-electron chi connectivity index (χ4n) is 2.63. The van der Waals surface area contributed by atoms with Crippen molar-refractivity contribution in [2.45, 2.75) is 12.5 Å². The van der Waals surface area contributed by atoms with Gasteiger partial charge in [0.15, 0.2) is 11.6 Å². The quantitative estimate of drug-likeness (QED) is 0.683. The van der Waals surface area contributed by atoms with Gasteiger partial charge in [0.25, 0.3) is 5.91 Å². The number of likely N-dealkylation sites (tertiary alicyclic amines) is 1. The molecule has 2 N–H and O–H groups in total. The van der Waals surface area contributed by atoms with E-state index in [4.69, 9.17) is 0 Å². The van der Waals surface area contributed by atoms with Crippen molar-refractivity contribution in [1.29, 1.82) is 0 Å². The molecule has 1 aliphatic heterocycles. The molecule has 0 radical (unpaired) electrons. The van der Waals surface area contributed by atoms with Gasteiger partial charge in [0, 0.05) is 10.1 Å². The van der Waals surface area contributed by atoms with Crippen LogP contribution in [0, 0.1) is 21.0 Å². The summed E-state index contributed by atoms with van der Waals surface area (Å²) in [5.74, 6) is -3.60. The molecule has 0 spiro atoms. The minimum atomic E-state index is -1.26. The molecule has 0 bridgehead atoms. The number of carbonyl (C=O) groups is 1. The molecule has 1 heterocycles. The van der Waals surface area contributed by atoms with Crippen LogP contribution in [-0.4, -0.2) is 35.1 Å². The number of carbonyl (C=O) groups excluding carboxylic acids is 1. The Morgan fingerprint density at radius 3 is 2.60 bits per heavy atom. The van der Waals surface area contributed by atoms with Gasteiger partial charge in [-0.05, 0) is 59.3 Å². The number of nitrogens with one attached hydrogen (secondary N) is 1. The van der Waals surface area contributed by atoms with Gasteiger partial charge in [-0.2, -0.15) is 0 Å². The van der Waals surface area contributed by atoms with Crippen molar-refractivity contribution in [3.63, 3.8) is 0 Å². The maximum atomic E-state index is 14.3. The van der Waals surface area contributed by atoms with Gasteiger partial charge in [-0.15, -0.1) is 0 Å². The molecule has 0 aromatic heterocycles. The molecule has 1 fully saturated rings. The summed E-state index contributed by atoms with van der Waals surface area (Å²) in [6.45, 7) is 0.213. The van der Waals surface area contributed by atoms with Crippen LogP contribution in [0.2, 0.25) is 0 Å². The van der Waals surface area contributed by atoms with E-state index in [2.05, 4.69) is 5.32 Å². The van der Waals surface area contributed by atoms with Gasteiger partial charge in [-0.25, -0.2) is 13.2 Å². The molecular weight excluding hydrogens is 448 g/mol. The lowest BCUT2D eigenvalue weighted by molar-refractivity contribution is 0.0296. The third kappa shape index (κ3) is 3.45. The maximum Gasteiger partial charge on any atom is 0.256 e. The highest BCUT2D eigenvalue weighted by atomic mass is 127. The fourth-order valence-corrected chi connectivity index (χ4v) is 3.08. The van der Waals surface area contributed by atoms with Crippen LogP contribution >= 0.6 is 22.6 Å². The molecule has 1 atom stereocenters. The smallest absolute Gasteiger partial charge is 0.256 e. The van der Waals surface area contributed by atoms with E-state index < -0.39 is 29.0 Å². The first-order valence-electron chi connectivity index (χ1n) is 7.54. The Labute approximate surface area is 155 Å². The fraction of sp³-hybridized carbons (Fsp3) is 0.235. The summed E-state index contributed by atoms with van der Waals surface area (Å²) in [7, 11) is 0. The van der Waals surface area contributed by atoms with Crippen molar-refractivity contribution < 1.29 is 23.1 Å². The Morgan fingerprint density at radius 2 is 2.00 bits per heavy atom. The predicted octanol–water partition coefficient (Wildman–Crippen LogP) is 3.66. The van der Waals surface area contributed by atoms with Crippen LogP contribution in [0.3, 0.4) is 0 Å². The number of amides is 1. The molecular formula is C17H14F3IN2O2. The lowest BCUT2D eigenvalue weighted by Crippen LogP contribution is -2.53. The maximum absolute atomic E-state index is 14.3. The van der Waals surface area contributed by atoms with Crippen LogP contribution in [0.15, 0.2) is 30.3 Å². The molecule has 2 aromatic rings. The first kappa shape index (κ1) is 18.0. The van der Waals surface area contributed by atoms with E-state index in [-0.39, 0.29) is 23.9 Å². The van der Waals surface area contributed by atoms with Crippen molar-refractivity contribution >= 4 is 39.9 Å². The Kier molecular flexibility index (Phi) is 5.19. The summed E-state index contributed by atoms with van der Waals surface area (Å²) in [6, 6.07) is 5.88. The Morgan fingerprint density at radius 1 is 1.24 bits per heavy atom. The molecule has 25 heavy (non-hydrogen) atoms. The van der Waals surface area contributed by atoms with Crippen molar-refractivity contribution in [3.8, 4) is 0 Å². The Bertz CT molecular complexity index is 830. The SMILES string of the molecule is O=C(c1ccc(F)c(F)c1Nc1ccc(I)cc1F)N1CCC1CO. The summed E-state index contributed by atoms with van der Waals surface area (Å²) in [6.07, 6.45) is 0.639. The topological polar surface area (TPSA) is 52.6 Å². The number of anilines is 2. The summed E-state index contributed by atoms with van der Waals surface area (Å²) in [5.41, 5.74) is -0.606. The lowest BCUT2D eigenvalue weighted by Gasteiger charge is -2.40. The summed E-state index contributed by atoms with van der Waals surface area (Å²) < 4.78 is 42.6. The van der Waals surface area contributed by atoms with E-state index in [1.165, 1.54) is 17.0 Å². The van der Waals surface area contributed by atoms with Crippen molar-refractivity contribution in [1.82, 2.24) is 4.90 Å². The van der Waals surface area contributed by atoms with Gasteiger partial charge in [0.05, 0.1) is 29.6 Å². The number of nitrogens with zero attached hydrogens (tertiary/aromatic N) is 1. The molecule has 0 saturated carbocycles. The minimum Gasteiger partial charge on any atom is -0.394 e. The normalized spacial score (nSPS) is 16.5. The van der Waals surface area contributed by atoms with Gasteiger partial charge in [-0.3, -0.25) is 4.79 Å². The van der Waals surface area contributed by atoms with Crippen LogP contribution < -0.4 is 5.32 Å². The van der Waals surface area contributed by atoms with Gasteiger partial charge in [-0.1, -0.05) is 0 Å². The van der Waals surface area contributed by atoms with Crippen LogP contribution in [0.1, 0.15) is 16.8 Å². The number of hydrogen-bond acceptors (Lipinski definition) is 3. The first-order valence-corrected chi connectivity index (χ1v) is 8.62. The second kappa shape index (κ2) is 7.20. The van der Waals surface area contributed by atoms with Crippen LogP contribution in [0.25, 0.3) is 0 Å². The average molecular weight is 462 g/mol. The monoisotopic (exact) mass is 462 g/mol. The second-order valence-corrected chi connectivity index (χ2v) is 6.90. The molecule has 1 saturated heterocycles. The minimum absolute atomic E-state index is 0.0683. The number of rotatable bonds is 4. The molecule has 8 heteroatoms. The van der Waals surface area contributed by atoms with E-state index in [1.54, 1.807) is 6.07 Å². The molecule has 3 rings (SSSR count). The molecule has 4 nitrogen and oxygen atoms in total. The second-order valence-electron chi connectivity index (χ2n) is 5.66. The van der Waals surface area contributed by atoms with Crippen molar-refractivity contribution in [3.05, 3.63) is 56.9 Å². The number of benzene rings is 2. The van der Waals surface area contributed by atoms with Gasteiger partial charge in [0.1, 0.15) is 5.82 Å². The lowest BCUT2D eigenvalue weighted by atomic mass is 10.0. The molecule has 2 aromatic carbocycles. The van der Waals surface area contributed by atoms with E-state index >= 15 is 0 Å². The van der Waals surface area contributed by atoms with Gasteiger partial charge < -0.3 is 15.3 Å². The molecule has 0 aliphatic carbocycles. The zero-order chi connectivity index (χ0) is 18.1. The Hall–Kier alpha value is -1.81. The third-order valence-corrected chi connectivity index (χ3v) is 4.80. The van der Waals surface area contributed by atoms with Gasteiger partial charge >= 0.3 is 0 Å². The van der Waals surface area contributed by atoms with E-state index in [0.29, 0.717) is 16.5 Å². The number of aliphatic hydroxyl groups excluding tert-OH is 1. The van der Waals surface area contributed by atoms with Crippen LogP contribution in [0.5, 0.6) is 0 Å². The first-order chi connectivity index (χ1) is 11.9. The number of halogens is 4. The number of aliphatic hydroxyl groups is 1. The zero-order valence-corrected chi connectivity index (χ0v) is 15.1. The predicted molar refractivity (Wildman–Crippen MR) is 95.3 cm³/mol. The van der Waals surface area contributed by atoms with Crippen LogP contribution in [-0.2, 0) is 0 Å². The largest absolute Gasteiger partial charge is 0.394 e. The van der Waals surface area contributed by atoms with Gasteiger partial charge in [0.2, 0.25) is 0 Å². The van der Waals surface area contributed by atoms with E-state index in [9.17, 15) is 23.1 Å². The van der Waals surface area contributed by atoms with Crippen LogP contribution in [0.4, 0.5) is 24.5 Å². The van der Waals surface area contributed by atoms with Crippen molar-refractivity contribution in [2.24, 2.45) is 0 Å². The standard InChI is InChI=1S/C17H14F3IN2O2/c18-12-3-2-11(17(25)23-6-5-10(23)8-24)16(15(12)20)22-14-4-1-9(21)7-13(14)19/h1-4,7,10,22,24H,5-6,8H2. The highest BCUT2D eigenvalue weighted by molar-refractivity contribution is 14.1. The van der Waals surface area contributed by atoms with Crippen molar-refractivity contribution in [2.75, 3.05) is 18.5 Å². The molecule has 132 valence electrons. The highest BCUT2D eigenvalue weighted by Crippen LogP contribution is 2.31. The molecule has 1 aliphatic rings. The third-order valence-electron chi connectivity index (χ3n) is 4.13. The Balaban J connectivity index is 2.00. The average Bonchev–Trinajstić information content (AvgIpc) is 2.53.